The van der Waals surface area contributed by atoms with E-state index in [9.17, 15) is 5.11 Å². The number of hydrogen-bond acceptors (Lipinski definition) is 2. The first-order valence-electron chi connectivity index (χ1n) is 5.50. The number of likely N-dealkylation sites (tertiary alicyclic amines) is 1. The second-order valence-electron chi connectivity index (χ2n) is 4.89. The molecule has 1 N–H and O–H groups in total. The van der Waals surface area contributed by atoms with E-state index in [0.717, 1.165) is 18.7 Å². The van der Waals surface area contributed by atoms with Crippen LogP contribution in [-0.2, 0) is 5.60 Å². The second kappa shape index (κ2) is 3.62. The molecule has 1 heterocycles. The number of aryl methyl sites for hydroxylation is 1. The van der Waals surface area contributed by atoms with Gasteiger partial charge in [-0.15, -0.1) is 0 Å². The van der Waals surface area contributed by atoms with Gasteiger partial charge in [0.2, 0.25) is 0 Å². The van der Waals surface area contributed by atoms with Gasteiger partial charge in [-0.05, 0) is 19.5 Å². The minimum absolute atomic E-state index is 0.296. The summed E-state index contributed by atoms with van der Waals surface area (Å²) in [5, 5.41) is 10.7. The Bertz CT molecular complexity index is 346. The van der Waals surface area contributed by atoms with E-state index in [1.54, 1.807) is 0 Å². The SMILES string of the molecule is Cc1ccc([C@]2(O)CN(C)C[C@@H]2C)cc1. The molecule has 2 atom stereocenters. The summed E-state index contributed by atoms with van der Waals surface area (Å²) in [5.41, 5.74) is 1.62. The molecule has 0 aromatic heterocycles. The highest BCUT2D eigenvalue weighted by Gasteiger charge is 2.42. The maximum Gasteiger partial charge on any atom is 0.106 e. The Labute approximate surface area is 91.5 Å². The largest absolute Gasteiger partial charge is 0.383 e. The molecule has 0 saturated carbocycles. The number of rotatable bonds is 1. The summed E-state index contributed by atoms with van der Waals surface area (Å²) in [4.78, 5) is 2.19. The third kappa shape index (κ3) is 1.80. The molecule has 0 unspecified atom stereocenters. The molecule has 2 heteroatoms. The summed E-state index contributed by atoms with van der Waals surface area (Å²) in [6.45, 7) is 5.88. The van der Waals surface area contributed by atoms with E-state index >= 15 is 0 Å². The molecule has 1 saturated heterocycles. The Morgan fingerprint density at radius 1 is 1.33 bits per heavy atom. The van der Waals surface area contributed by atoms with E-state index in [4.69, 9.17) is 0 Å². The van der Waals surface area contributed by atoms with Crippen LogP contribution in [0.15, 0.2) is 24.3 Å². The lowest BCUT2D eigenvalue weighted by atomic mass is 9.85. The molecule has 1 aromatic carbocycles. The molecule has 15 heavy (non-hydrogen) atoms. The normalized spacial score (nSPS) is 32.1. The van der Waals surface area contributed by atoms with E-state index in [1.807, 2.05) is 12.1 Å². The van der Waals surface area contributed by atoms with Crippen molar-refractivity contribution in [1.82, 2.24) is 4.90 Å². The van der Waals surface area contributed by atoms with E-state index in [2.05, 4.69) is 37.9 Å². The lowest BCUT2D eigenvalue weighted by Crippen LogP contribution is -2.33. The molecular formula is C13H19NO. The second-order valence-corrected chi connectivity index (χ2v) is 4.89. The van der Waals surface area contributed by atoms with Crippen LogP contribution in [0.5, 0.6) is 0 Å². The lowest BCUT2D eigenvalue weighted by molar-refractivity contribution is 0.0146. The summed E-state index contributed by atoms with van der Waals surface area (Å²) in [7, 11) is 2.06. The van der Waals surface area contributed by atoms with Crippen LogP contribution < -0.4 is 0 Å². The number of benzene rings is 1. The van der Waals surface area contributed by atoms with Gasteiger partial charge in [0.1, 0.15) is 5.60 Å². The molecule has 0 amide bonds. The molecule has 0 aliphatic carbocycles. The fourth-order valence-electron chi connectivity index (χ4n) is 2.47. The van der Waals surface area contributed by atoms with Crippen LogP contribution in [0.1, 0.15) is 18.1 Å². The molecule has 2 nitrogen and oxygen atoms in total. The molecule has 1 aliphatic rings. The van der Waals surface area contributed by atoms with E-state index in [1.165, 1.54) is 5.56 Å². The minimum Gasteiger partial charge on any atom is -0.383 e. The van der Waals surface area contributed by atoms with Crippen molar-refractivity contribution in [1.29, 1.82) is 0 Å². The maximum absolute atomic E-state index is 10.7. The van der Waals surface area contributed by atoms with Crippen molar-refractivity contribution in [3.8, 4) is 0 Å². The van der Waals surface area contributed by atoms with Crippen LogP contribution >= 0.6 is 0 Å². The highest BCUT2D eigenvalue weighted by molar-refractivity contribution is 5.28. The molecule has 82 valence electrons. The number of aliphatic hydroxyl groups is 1. The molecule has 1 aromatic rings. The van der Waals surface area contributed by atoms with Crippen LogP contribution in [0.2, 0.25) is 0 Å². The lowest BCUT2D eigenvalue weighted by Gasteiger charge is -2.27. The fraction of sp³-hybridized carbons (Fsp3) is 0.538. The number of nitrogens with zero attached hydrogens (tertiary/aromatic N) is 1. The van der Waals surface area contributed by atoms with Crippen molar-refractivity contribution in [2.75, 3.05) is 20.1 Å². The quantitative estimate of drug-likeness (QED) is 0.755. The average Bonchev–Trinajstić information content (AvgIpc) is 2.42. The van der Waals surface area contributed by atoms with Gasteiger partial charge in [0.25, 0.3) is 0 Å². The molecule has 0 bridgehead atoms. The van der Waals surface area contributed by atoms with Gasteiger partial charge in [-0.25, -0.2) is 0 Å². The van der Waals surface area contributed by atoms with E-state index in [0.29, 0.717) is 5.92 Å². The molecular weight excluding hydrogens is 186 g/mol. The third-order valence-electron chi connectivity index (χ3n) is 3.46. The summed E-state index contributed by atoms with van der Waals surface area (Å²) in [6.07, 6.45) is 0. The van der Waals surface area contributed by atoms with Gasteiger partial charge >= 0.3 is 0 Å². The topological polar surface area (TPSA) is 23.5 Å². The van der Waals surface area contributed by atoms with Gasteiger partial charge < -0.3 is 10.0 Å². The van der Waals surface area contributed by atoms with Gasteiger partial charge in [-0.3, -0.25) is 0 Å². The van der Waals surface area contributed by atoms with Gasteiger partial charge in [0.05, 0.1) is 0 Å². The molecule has 0 radical (unpaired) electrons. The van der Waals surface area contributed by atoms with E-state index < -0.39 is 5.60 Å². The smallest absolute Gasteiger partial charge is 0.106 e. The molecule has 1 fully saturated rings. The predicted molar refractivity (Wildman–Crippen MR) is 61.7 cm³/mol. The van der Waals surface area contributed by atoms with Crippen molar-refractivity contribution in [2.24, 2.45) is 5.92 Å². The zero-order chi connectivity index (χ0) is 11.1. The standard InChI is InChI=1S/C13H19NO/c1-10-4-6-12(7-5-10)13(15)9-14(3)8-11(13)2/h4-7,11,15H,8-9H2,1-3H3/t11-,13-/m0/s1. The van der Waals surface area contributed by atoms with Gasteiger partial charge in [-0.1, -0.05) is 36.8 Å². The number of hydrogen-bond donors (Lipinski definition) is 1. The first-order valence-corrected chi connectivity index (χ1v) is 5.50. The first kappa shape index (κ1) is 10.7. The Kier molecular flexibility index (Phi) is 2.57. The summed E-state index contributed by atoms with van der Waals surface area (Å²) >= 11 is 0. The van der Waals surface area contributed by atoms with Crippen molar-refractivity contribution in [3.63, 3.8) is 0 Å². The Balaban J connectivity index is 2.33. The summed E-state index contributed by atoms with van der Waals surface area (Å²) < 4.78 is 0. The van der Waals surface area contributed by atoms with Crippen molar-refractivity contribution >= 4 is 0 Å². The van der Waals surface area contributed by atoms with Gasteiger partial charge in [-0.2, -0.15) is 0 Å². The minimum atomic E-state index is -0.664. The Hall–Kier alpha value is -0.860. The number of β-amino-alcohol motifs (C(OH)–C–C–N with tert-alkyl or cyclic N) is 1. The van der Waals surface area contributed by atoms with Gasteiger partial charge in [0.15, 0.2) is 0 Å². The third-order valence-corrected chi connectivity index (χ3v) is 3.46. The average molecular weight is 205 g/mol. The summed E-state index contributed by atoms with van der Waals surface area (Å²) in [5.74, 6) is 0.296. The Morgan fingerprint density at radius 3 is 2.40 bits per heavy atom. The fourth-order valence-corrected chi connectivity index (χ4v) is 2.47. The zero-order valence-electron chi connectivity index (χ0n) is 9.70. The molecule has 1 aliphatic heterocycles. The van der Waals surface area contributed by atoms with Crippen LogP contribution in [0.4, 0.5) is 0 Å². The van der Waals surface area contributed by atoms with Crippen molar-refractivity contribution < 1.29 is 5.11 Å². The van der Waals surface area contributed by atoms with Gasteiger partial charge in [0, 0.05) is 19.0 Å². The highest BCUT2D eigenvalue weighted by Crippen LogP contribution is 2.35. The summed E-state index contributed by atoms with van der Waals surface area (Å²) in [6, 6.07) is 8.23. The number of likely N-dealkylation sites (N-methyl/N-ethyl adjacent to an activating group) is 1. The first-order chi connectivity index (χ1) is 7.02. The highest BCUT2D eigenvalue weighted by atomic mass is 16.3. The zero-order valence-corrected chi connectivity index (χ0v) is 9.70. The van der Waals surface area contributed by atoms with Crippen LogP contribution in [0.25, 0.3) is 0 Å². The van der Waals surface area contributed by atoms with Crippen LogP contribution in [0, 0.1) is 12.8 Å². The maximum atomic E-state index is 10.7. The van der Waals surface area contributed by atoms with Crippen molar-refractivity contribution in [2.45, 2.75) is 19.4 Å². The van der Waals surface area contributed by atoms with Crippen LogP contribution in [0.3, 0.4) is 0 Å². The van der Waals surface area contributed by atoms with Crippen LogP contribution in [-0.4, -0.2) is 30.1 Å². The molecule has 0 spiro atoms. The molecule has 2 rings (SSSR count). The Morgan fingerprint density at radius 2 is 1.93 bits per heavy atom. The monoisotopic (exact) mass is 205 g/mol. The predicted octanol–water partition coefficient (Wildman–Crippen LogP) is 1.76. The van der Waals surface area contributed by atoms with Crippen molar-refractivity contribution in [3.05, 3.63) is 35.4 Å². The van der Waals surface area contributed by atoms with E-state index in [-0.39, 0.29) is 0 Å².